The van der Waals surface area contributed by atoms with E-state index in [1.165, 1.54) is 12.8 Å². The lowest BCUT2D eigenvalue weighted by Crippen LogP contribution is -2.50. The van der Waals surface area contributed by atoms with Gasteiger partial charge in [-0.1, -0.05) is 6.92 Å². The largest absolute Gasteiger partial charge is 0.480 e. The molecule has 1 heterocycles. The molecule has 0 aromatic rings. The molecule has 1 aliphatic heterocycles. The van der Waals surface area contributed by atoms with Crippen LogP contribution in [-0.2, 0) is 4.79 Å². The van der Waals surface area contributed by atoms with E-state index in [1.54, 1.807) is 6.92 Å². The number of carbonyl (C=O) groups is 1. The van der Waals surface area contributed by atoms with Gasteiger partial charge in [-0.3, -0.25) is 9.69 Å². The second-order valence-electron chi connectivity index (χ2n) is 6.57. The highest BCUT2D eigenvalue weighted by atomic mass is 16.4. The molecule has 0 aromatic carbocycles. The molecule has 1 saturated heterocycles. The third kappa shape index (κ3) is 4.46. The van der Waals surface area contributed by atoms with Gasteiger partial charge < -0.3 is 10.4 Å². The molecular weight excluding hydrogens is 240 g/mol. The molecule has 2 N–H and O–H groups in total. The minimum absolute atomic E-state index is 0.288. The fourth-order valence-corrected chi connectivity index (χ4v) is 2.87. The van der Waals surface area contributed by atoms with Crippen LogP contribution in [0.2, 0.25) is 0 Å². The molecule has 0 amide bonds. The Morgan fingerprint density at radius 1 is 1.47 bits per heavy atom. The van der Waals surface area contributed by atoms with Crippen molar-refractivity contribution in [1.29, 1.82) is 0 Å². The Bertz CT molecular complexity index is 305. The van der Waals surface area contributed by atoms with Crippen LogP contribution >= 0.6 is 0 Å². The summed E-state index contributed by atoms with van der Waals surface area (Å²) < 4.78 is 0. The van der Waals surface area contributed by atoms with Crippen LogP contribution in [0.5, 0.6) is 0 Å². The highest BCUT2D eigenvalue weighted by Crippen LogP contribution is 2.28. The summed E-state index contributed by atoms with van der Waals surface area (Å²) in [6, 6.07) is 0. The Labute approximate surface area is 117 Å². The van der Waals surface area contributed by atoms with Crippen LogP contribution in [0, 0.1) is 0 Å². The van der Waals surface area contributed by atoms with Gasteiger partial charge in [-0.25, -0.2) is 0 Å². The molecule has 0 aromatic heterocycles. The molecule has 4 heteroatoms. The molecule has 112 valence electrons. The molecule has 0 radical (unpaired) electrons. The van der Waals surface area contributed by atoms with Gasteiger partial charge in [0.25, 0.3) is 0 Å². The van der Waals surface area contributed by atoms with E-state index in [1.807, 2.05) is 0 Å². The zero-order chi connectivity index (χ0) is 14.5. The first-order valence-corrected chi connectivity index (χ1v) is 7.55. The lowest BCUT2D eigenvalue weighted by Gasteiger charge is -2.33. The van der Waals surface area contributed by atoms with Crippen molar-refractivity contribution in [3.05, 3.63) is 0 Å². The maximum Gasteiger partial charge on any atom is 0.323 e. The van der Waals surface area contributed by atoms with Crippen molar-refractivity contribution >= 4 is 5.97 Å². The molecule has 0 saturated carbocycles. The first kappa shape index (κ1) is 16.4. The van der Waals surface area contributed by atoms with Crippen molar-refractivity contribution in [1.82, 2.24) is 10.2 Å². The number of hydrogen-bond acceptors (Lipinski definition) is 3. The predicted molar refractivity (Wildman–Crippen MR) is 78.5 cm³/mol. The molecule has 1 atom stereocenters. The fourth-order valence-electron chi connectivity index (χ4n) is 2.87. The average Bonchev–Trinajstić information content (AvgIpc) is 2.66. The highest BCUT2D eigenvalue weighted by Gasteiger charge is 2.34. The van der Waals surface area contributed by atoms with Crippen molar-refractivity contribution in [2.45, 2.75) is 70.9 Å². The zero-order valence-corrected chi connectivity index (χ0v) is 13.0. The van der Waals surface area contributed by atoms with Crippen LogP contribution in [0.1, 0.15) is 59.8 Å². The van der Waals surface area contributed by atoms with E-state index in [4.69, 9.17) is 0 Å². The Morgan fingerprint density at radius 2 is 2.16 bits per heavy atom. The van der Waals surface area contributed by atoms with Crippen LogP contribution in [0.25, 0.3) is 0 Å². The van der Waals surface area contributed by atoms with Crippen molar-refractivity contribution in [2.75, 3.05) is 19.6 Å². The summed E-state index contributed by atoms with van der Waals surface area (Å²) in [5.41, 5.74) is -0.490. The fraction of sp³-hybridized carbons (Fsp3) is 0.933. The van der Waals surface area contributed by atoms with E-state index < -0.39 is 11.5 Å². The number of nitrogens with zero attached hydrogens (tertiary/aromatic N) is 1. The maximum absolute atomic E-state index is 11.4. The summed E-state index contributed by atoms with van der Waals surface area (Å²) in [6.07, 6.45) is 5.09. The minimum Gasteiger partial charge on any atom is -0.480 e. The van der Waals surface area contributed by atoms with Crippen LogP contribution in [0.4, 0.5) is 0 Å². The standard InChI is InChI=1S/C15H30N2O2/c1-5-10-16-15(4,13(18)19)9-7-12-17-11-6-8-14(17,2)3/h16H,5-12H2,1-4H3,(H,18,19). The molecule has 0 spiro atoms. The summed E-state index contributed by atoms with van der Waals surface area (Å²) in [6.45, 7) is 11.3. The molecule has 1 aliphatic rings. The van der Waals surface area contributed by atoms with E-state index in [0.717, 1.165) is 32.5 Å². The molecule has 4 nitrogen and oxygen atoms in total. The first-order chi connectivity index (χ1) is 8.82. The molecular formula is C15H30N2O2. The van der Waals surface area contributed by atoms with Crippen molar-refractivity contribution < 1.29 is 9.90 Å². The van der Waals surface area contributed by atoms with Crippen LogP contribution < -0.4 is 5.32 Å². The number of nitrogens with one attached hydrogen (secondary N) is 1. The summed E-state index contributed by atoms with van der Waals surface area (Å²) >= 11 is 0. The second kappa shape index (κ2) is 6.71. The number of aliphatic carboxylic acids is 1. The predicted octanol–water partition coefficient (Wildman–Crippen LogP) is 2.48. The van der Waals surface area contributed by atoms with Crippen LogP contribution in [-0.4, -0.2) is 46.7 Å². The van der Waals surface area contributed by atoms with Gasteiger partial charge in [0.1, 0.15) is 5.54 Å². The summed E-state index contributed by atoms with van der Waals surface area (Å²) in [4.78, 5) is 13.9. The number of likely N-dealkylation sites (tertiary alicyclic amines) is 1. The van der Waals surface area contributed by atoms with Crippen LogP contribution in [0.3, 0.4) is 0 Å². The molecule has 1 fully saturated rings. The molecule has 1 unspecified atom stereocenters. The van der Waals surface area contributed by atoms with E-state index in [9.17, 15) is 9.90 Å². The molecule has 0 bridgehead atoms. The quantitative estimate of drug-likeness (QED) is 0.711. The summed E-state index contributed by atoms with van der Waals surface area (Å²) in [5.74, 6) is -0.735. The molecule has 1 rings (SSSR count). The third-order valence-electron chi connectivity index (χ3n) is 4.41. The van der Waals surface area contributed by atoms with E-state index in [2.05, 4.69) is 31.0 Å². The lowest BCUT2D eigenvalue weighted by atomic mass is 9.95. The highest BCUT2D eigenvalue weighted by molar-refractivity contribution is 5.78. The third-order valence-corrected chi connectivity index (χ3v) is 4.41. The zero-order valence-electron chi connectivity index (χ0n) is 13.0. The van der Waals surface area contributed by atoms with Crippen molar-refractivity contribution in [2.24, 2.45) is 0 Å². The maximum atomic E-state index is 11.4. The van der Waals surface area contributed by atoms with Gasteiger partial charge in [0, 0.05) is 5.54 Å². The Morgan fingerprint density at radius 3 is 2.63 bits per heavy atom. The topological polar surface area (TPSA) is 52.6 Å². The minimum atomic E-state index is -0.778. The van der Waals surface area contributed by atoms with Gasteiger partial charge in [-0.15, -0.1) is 0 Å². The van der Waals surface area contributed by atoms with Crippen molar-refractivity contribution in [3.63, 3.8) is 0 Å². The molecule has 0 aliphatic carbocycles. The van der Waals surface area contributed by atoms with Gasteiger partial charge in [0.05, 0.1) is 0 Å². The van der Waals surface area contributed by atoms with E-state index in [0.29, 0.717) is 6.42 Å². The molecule has 19 heavy (non-hydrogen) atoms. The van der Waals surface area contributed by atoms with E-state index in [-0.39, 0.29) is 5.54 Å². The first-order valence-electron chi connectivity index (χ1n) is 7.55. The normalized spacial score (nSPS) is 22.3. The smallest absolute Gasteiger partial charge is 0.323 e. The number of carboxylic acids is 1. The number of carboxylic acid groups (broad SMARTS) is 1. The van der Waals surface area contributed by atoms with Gasteiger partial charge in [-0.2, -0.15) is 0 Å². The van der Waals surface area contributed by atoms with Gasteiger partial charge >= 0.3 is 5.97 Å². The SMILES string of the molecule is CCCNC(C)(CCCN1CCCC1(C)C)C(=O)O. The Kier molecular flexibility index (Phi) is 5.81. The summed E-state index contributed by atoms with van der Waals surface area (Å²) in [7, 11) is 0. The monoisotopic (exact) mass is 270 g/mol. The van der Waals surface area contributed by atoms with Crippen molar-refractivity contribution in [3.8, 4) is 0 Å². The van der Waals surface area contributed by atoms with E-state index >= 15 is 0 Å². The van der Waals surface area contributed by atoms with Gasteiger partial charge in [-0.05, 0) is 72.5 Å². The Balaban J connectivity index is 2.42. The Hall–Kier alpha value is -0.610. The number of hydrogen-bond donors (Lipinski definition) is 2. The van der Waals surface area contributed by atoms with Gasteiger partial charge in [0.15, 0.2) is 0 Å². The average molecular weight is 270 g/mol. The summed E-state index contributed by atoms with van der Waals surface area (Å²) in [5, 5.41) is 12.6. The van der Waals surface area contributed by atoms with Gasteiger partial charge in [0.2, 0.25) is 0 Å². The van der Waals surface area contributed by atoms with Crippen LogP contribution in [0.15, 0.2) is 0 Å². The lowest BCUT2D eigenvalue weighted by molar-refractivity contribution is -0.144. The second-order valence-corrected chi connectivity index (χ2v) is 6.57. The number of rotatable bonds is 8.